The maximum atomic E-state index is 11.4. The van der Waals surface area contributed by atoms with E-state index in [2.05, 4.69) is 10.3 Å². The van der Waals surface area contributed by atoms with Gasteiger partial charge in [-0.15, -0.1) is 0 Å². The molecule has 0 unspecified atom stereocenters. The third-order valence-corrected chi connectivity index (χ3v) is 1.94. The number of hydrogen-bond donors (Lipinski definition) is 2. The van der Waals surface area contributed by atoms with Crippen molar-refractivity contribution in [1.29, 1.82) is 0 Å². The molecule has 0 aliphatic rings. The number of amides is 1. The third-order valence-electron chi connectivity index (χ3n) is 1.94. The van der Waals surface area contributed by atoms with Crippen LogP contribution in [0.5, 0.6) is 0 Å². The topological polar surface area (TPSA) is 81.1 Å². The Kier molecular flexibility index (Phi) is 3.24. The molecule has 0 fully saturated rings. The van der Waals surface area contributed by atoms with Crippen molar-refractivity contribution in [3.8, 4) is 0 Å². The van der Waals surface area contributed by atoms with Gasteiger partial charge in [-0.2, -0.15) is 0 Å². The Morgan fingerprint density at radius 1 is 1.71 bits per heavy atom. The first-order valence-electron chi connectivity index (χ1n) is 4.42. The Bertz CT molecular complexity index is 293. The fourth-order valence-corrected chi connectivity index (χ4v) is 0.807. The third kappa shape index (κ3) is 2.85. The van der Waals surface area contributed by atoms with Crippen LogP contribution in [0.2, 0.25) is 0 Å². The van der Waals surface area contributed by atoms with Crippen LogP contribution in [0.1, 0.15) is 24.4 Å². The van der Waals surface area contributed by atoms with E-state index >= 15 is 0 Å². The lowest BCUT2D eigenvalue weighted by Crippen LogP contribution is -2.38. The van der Waals surface area contributed by atoms with E-state index in [0.717, 1.165) is 0 Å². The van der Waals surface area contributed by atoms with E-state index in [4.69, 9.17) is 10.2 Å². The van der Waals surface area contributed by atoms with Gasteiger partial charge in [-0.3, -0.25) is 4.79 Å². The van der Waals surface area contributed by atoms with Crippen molar-refractivity contribution in [2.75, 3.05) is 13.1 Å². The molecule has 1 heterocycles. The van der Waals surface area contributed by atoms with E-state index < -0.39 is 0 Å². The normalized spacial score (nSPS) is 11.4. The summed E-state index contributed by atoms with van der Waals surface area (Å²) in [6.45, 7) is 4.99. The van der Waals surface area contributed by atoms with Crippen molar-refractivity contribution in [3.05, 3.63) is 18.4 Å². The van der Waals surface area contributed by atoms with Crippen LogP contribution in [0.25, 0.3) is 0 Å². The standard InChI is InChI=1S/C9H15N3O2/c1-9(2,4-10)5-12-8(13)7-3-11-6-14-7/h3,6H,4-5,10H2,1-2H3,(H,12,13). The van der Waals surface area contributed by atoms with Crippen molar-refractivity contribution in [1.82, 2.24) is 10.3 Å². The second kappa shape index (κ2) is 4.23. The quantitative estimate of drug-likeness (QED) is 0.731. The first-order valence-corrected chi connectivity index (χ1v) is 4.42. The summed E-state index contributed by atoms with van der Waals surface area (Å²) in [5.74, 6) is -0.0400. The first-order chi connectivity index (χ1) is 6.55. The van der Waals surface area contributed by atoms with Gasteiger partial charge in [-0.05, 0) is 12.0 Å². The summed E-state index contributed by atoms with van der Waals surface area (Å²) in [5, 5.41) is 2.72. The van der Waals surface area contributed by atoms with Crippen LogP contribution < -0.4 is 11.1 Å². The molecule has 0 radical (unpaired) electrons. The average molecular weight is 197 g/mol. The second-order valence-corrected chi connectivity index (χ2v) is 3.92. The van der Waals surface area contributed by atoms with Crippen LogP contribution in [0.15, 0.2) is 17.0 Å². The monoisotopic (exact) mass is 197 g/mol. The number of carbonyl (C=O) groups excluding carboxylic acids is 1. The molecule has 1 aromatic heterocycles. The van der Waals surface area contributed by atoms with E-state index in [-0.39, 0.29) is 17.1 Å². The summed E-state index contributed by atoms with van der Waals surface area (Å²) in [6.07, 6.45) is 2.60. The van der Waals surface area contributed by atoms with Gasteiger partial charge in [-0.1, -0.05) is 13.8 Å². The molecule has 0 atom stereocenters. The van der Waals surface area contributed by atoms with Gasteiger partial charge in [0.25, 0.3) is 5.91 Å². The van der Waals surface area contributed by atoms with Crippen molar-refractivity contribution in [2.24, 2.45) is 11.1 Å². The van der Waals surface area contributed by atoms with Gasteiger partial charge in [0, 0.05) is 6.54 Å². The molecule has 3 N–H and O–H groups in total. The Morgan fingerprint density at radius 3 is 2.93 bits per heavy atom. The number of carbonyl (C=O) groups is 1. The largest absolute Gasteiger partial charge is 0.438 e. The van der Waals surface area contributed by atoms with Crippen LogP contribution in [-0.2, 0) is 0 Å². The molecule has 0 aliphatic carbocycles. The highest BCUT2D eigenvalue weighted by molar-refractivity contribution is 5.90. The van der Waals surface area contributed by atoms with Crippen LogP contribution in [-0.4, -0.2) is 24.0 Å². The molecule has 1 rings (SSSR count). The number of hydrogen-bond acceptors (Lipinski definition) is 4. The van der Waals surface area contributed by atoms with Crippen LogP contribution in [0.4, 0.5) is 0 Å². The highest BCUT2D eigenvalue weighted by Gasteiger charge is 2.18. The van der Waals surface area contributed by atoms with Crippen molar-refractivity contribution < 1.29 is 9.21 Å². The predicted octanol–water partition coefficient (Wildman–Crippen LogP) is 0.389. The molecule has 0 saturated carbocycles. The Morgan fingerprint density at radius 2 is 2.43 bits per heavy atom. The molecule has 1 amide bonds. The fourth-order valence-electron chi connectivity index (χ4n) is 0.807. The number of aromatic nitrogens is 1. The van der Waals surface area contributed by atoms with Crippen molar-refractivity contribution in [3.63, 3.8) is 0 Å². The minimum Gasteiger partial charge on any atom is -0.438 e. The maximum Gasteiger partial charge on any atom is 0.288 e. The highest BCUT2D eigenvalue weighted by atomic mass is 16.3. The zero-order valence-corrected chi connectivity index (χ0v) is 8.41. The molecule has 78 valence electrons. The minimum atomic E-state index is -0.260. The number of rotatable bonds is 4. The van der Waals surface area contributed by atoms with Crippen LogP contribution in [0, 0.1) is 5.41 Å². The number of oxazole rings is 1. The van der Waals surface area contributed by atoms with Gasteiger partial charge >= 0.3 is 0 Å². The molecule has 14 heavy (non-hydrogen) atoms. The molecule has 1 aromatic rings. The van der Waals surface area contributed by atoms with E-state index in [0.29, 0.717) is 13.1 Å². The van der Waals surface area contributed by atoms with Crippen molar-refractivity contribution >= 4 is 5.91 Å². The summed E-state index contributed by atoms with van der Waals surface area (Å²) in [6, 6.07) is 0. The zero-order chi connectivity index (χ0) is 10.6. The fraction of sp³-hybridized carbons (Fsp3) is 0.556. The summed E-state index contributed by atoms with van der Waals surface area (Å²) in [7, 11) is 0. The first kappa shape index (κ1) is 10.7. The predicted molar refractivity (Wildman–Crippen MR) is 51.7 cm³/mol. The number of nitrogens with two attached hydrogens (primary N) is 1. The van der Waals surface area contributed by atoms with Gasteiger partial charge in [0.15, 0.2) is 6.39 Å². The second-order valence-electron chi connectivity index (χ2n) is 3.92. The minimum absolute atomic E-state index is 0.102. The van der Waals surface area contributed by atoms with Crippen LogP contribution >= 0.6 is 0 Å². The molecule has 0 bridgehead atoms. The number of nitrogens with one attached hydrogen (secondary N) is 1. The van der Waals surface area contributed by atoms with E-state index in [9.17, 15) is 4.79 Å². The lowest BCUT2D eigenvalue weighted by molar-refractivity contribution is 0.0910. The average Bonchev–Trinajstić information content (AvgIpc) is 2.67. The smallest absolute Gasteiger partial charge is 0.288 e. The van der Waals surface area contributed by atoms with Gasteiger partial charge < -0.3 is 15.5 Å². The van der Waals surface area contributed by atoms with Crippen LogP contribution in [0.3, 0.4) is 0 Å². The number of nitrogens with zero attached hydrogens (tertiary/aromatic N) is 1. The van der Waals surface area contributed by atoms with E-state index in [1.165, 1.54) is 12.6 Å². The van der Waals surface area contributed by atoms with Crippen molar-refractivity contribution in [2.45, 2.75) is 13.8 Å². The molecule has 0 aliphatic heterocycles. The van der Waals surface area contributed by atoms with Gasteiger partial charge in [0.05, 0.1) is 6.20 Å². The van der Waals surface area contributed by atoms with Gasteiger partial charge in [0.2, 0.25) is 5.76 Å². The Labute approximate surface area is 82.7 Å². The molecule has 5 nitrogen and oxygen atoms in total. The van der Waals surface area contributed by atoms with Gasteiger partial charge in [-0.25, -0.2) is 4.98 Å². The van der Waals surface area contributed by atoms with E-state index in [1.54, 1.807) is 0 Å². The Balaban J connectivity index is 2.43. The molecule has 5 heteroatoms. The lowest BCUT2D eigenvalue weighted by Gasteiger charge is -2.21. The molecule has 0 aromatic carbocycles. The molecular formula is C9H15N3O2. The summed E-state index contributed by atoms with van der Waals surface area (Å²) in [4.78, 5) is 15.0. The Hall–Kier alpha value is -1.36. The van der Waals surface area contributed by atoms with E-state index in [1.807, 2.05) is 13.8 Å². The molecule has 0 spiro atoms. The maximum absolute atomic E-state index is 11.4. The summed E-state index contributed by atoms with van der Waals surface area (Å²) in [5.41, 5.74) is 5.42. The summed E-state index contributed by atoms with van der Waals surface area (Å²) >= 11 is 0. The zero-order valence-electron chi connectivity index (χ0n) is 8.41. The highest BCUT2D eigenvalue weighted by Crippen LogP contribution is 2.10. The SMILES string of the molecule is CC(C)(CN)CNC(=O)c1cnco1. The van der Waals surface area contributed by atoms with Gasteiger partial charge in [0.1, 0.15) is 0 Å². The molecule has 0 saturated heterocycles. The molecular weight excluding hydrogens is 182 g/mol. The lowest BCUT2D eigenvalue weighted by atomic mass is 9.94. The summed E-state index contributed by atoms with van der Waals surface area (Å²) < 4.78 is 4.84.